The fourth-order valence-corrected chi connectivity index (χ4v) is 1.92. The summed E-state index contributed by atoms with van der Waals surface area (Å²) in [6, 6.07) is 0. The molecule has 3 atom stereocenters. The topological polar surface area (TPSA) is 29.5 Å². The third-order valence-electron chi connectivity index (χ3n) is 2.60. The first-order valence-corrected chi connectivity index (χ1v) is 3.62. The quantitative estimate of drug-likeness (QED) is 0.583. The first kappa shape index (κ1) is 6.55. The Labute approximate surface area is 59.0 Å². The van der Waals surface area contributed by atoms with Crippen LogP contribution in [-0.4, -0.2) is 30.6 Å². The fraction of sp³-hybridized carbons (Fsp3) is 1.00. The van der Waals surface area contributed by atoms with E-state index in [2.05, 4.69) is 0 Å². The fourth-order valence-electron chi connectivity index (χ4n) is 1.92. The molecule has 10 heavy (non-hydrogen) atoms. The van der Waals surface area contributed by atoms with Crippen LogP contribution in [0.25, 0.3) is 0 Å². The third-order valence-corrected chi connectivity index (χ3v) is 2.60. The van der Waals surface area contributed by atoms with E-state index < -0.39 is 6.17 Å². The molecule has 1 N–H and O–H groups in total. The van der Waals surface area contributed by atoms with Crippen LogP contribution in [0, 0.1) is 5.41 Å². The van der Waals surface area contributed by atoms with E-state index in [4.69, 9.17) is 9.84 Å². The van der Waals surface area contributed by atoms with Crippen molar-refractivity contribution in [1.82, 2.24) is 0 Å². The summed E-state index contributed by atoms with van der Waals surface area (Å²) in [5.74, 6) is 0. The molecule has 2 nitrogen and oxygen atoms in total. The molecule has 1 aliphatic carbocycles. The molecule has 2 bridgehead atoms. The van der Waals surface area contributed by atoms with E-state index in [9.17, 15) is 4.39 Å². The first-order chi connectivity index (χ1) is 4.76. The average Bonchev–Trinajstić information content (AvgIpc) is 2.45. The molecule has 0 radical (unpaired) electrons. The number of hydrogen-bond donors (Lipinski definition) is 1. The first-order valence-electron chi connectivity index (χ1n) is 3.62. The second kappa shape index (κ2) is 1.92. The van der Waals surface area contributed by atoms with E-state index in [1.54, 1.807) is 0 Å². The monoisotopic (exact) mass is 146 g/mol. The highest BCUT2D eigenvalue weighted by molar-refractivity contribution is 5.00. The van der Waals surface area contributed by atoms with Crippen molar-refractivity contribution >= 4 is 0 Å². The SMILES string of the molecule is OCC12COC(C1)C(F)C2. The van der Waals surface area contributed by atoms with Crippen molar-refractivity contribution < 1.29 is 14.2 Å². The van der Waals surface area contributed by atoms with Gasteiger partial charge in [-0.1, -0.05) is 0 Å². The predicted molar refractivity (Wildman–Crippen MR) is 33.4 cm³/mol. The number of aliphatic hydroxyl groups is 1. The summed E-state index contributed by atoms with van der Waals surface area (Å²) in [7, 11) is 0. The van der Waals surface area contributed by atoms with Crippen LogP contribution in [0.3, 0.4) is 0 Å². The van der Waals surface area contributed by atoms with Gasteiger partial charge in [0, 0.05) is 5.41 Å². The van der Waals surface area contributed by atoms with Crippen LogP contribution in [0.4, 0.5) is 4.39 Å². The summed E-state index contributed by atoms with van der Waals surface area (Å²) in [5, 5.41) is 8.91. The van der Waals surface area contributed by atoms with E-state index in [1.807, 2.05) is 0 Å². The Morgan fingerprint density at radius 3 is 2.70 bits per heavy atom. The Morgan fingerprint density at radius 1 is 1.60 bits per heavy atom. The number of alkyl halides is 1. The van der Waals surface area contributed by atoms with E-state index in [-0.39, 0.29) is 18.1 Å². The summed E-state index contributed by atoms with van der Waals surface area (Å²) in [6.07, 6.45) is 0.159. The van der Waals surface area contributed by atoms with Crippen LogP contribution in [0.15, 0.2) is 0 Å². The maximum atomic E-state index is 12.8. The number of aliphatic hydroxyl groups excluding tert-OH is 1. The Bertz CT molecular complexity index is 147. The predicted octanol–water partition coefficient (Wildman–Crippen LogP) is 0.496. The minimum Gasteiger partial charge on any atom is -0.396 e. The van der Waals surface area contributed by atoms with Gasteiger partial charge in [0.25, 0.3) is 0 Å². The Morgan fingerprint density at radius 2 is 2.40 bits per heavy atom. The molecule has 0 amide bonds. The molecular formula is C7H11FO2. The van der Waals surface area contributed by atoms with Gasteiger partial charge in [0.2, 0.25) is 0 Å². The van der Waals surface area contributed by atoms with Gasteiger partial charge in [-0.2, -0.15) is 0 Å². The lowest BCUT2D eigenvalue weighted by Crippen LogP contribution is -2.29. The molecule has 58 valence electrons. The van der Waals surface area contributed by atoms with Crippen LogP contribution in [0.2, 0.25) is 0 Å². The number of fused-ring (bicyclic) bond motifs is 2. The zero-order chi connectivity index (χ0) is 7.19. The summed E-state index contributed by atoms with van der Waals surface area (Å²) in [4.78, 5) is 0. The highest BCUT2D eigenvalue weighted by Gasteiger charge is 2.51. The number of ether oxygens (including phenoxy) is 1. The van der Waals surface area contributed by atoms with Crippen molar-refractivity contribution in [3.8, 4) is 0 Å². The molecular weight excluding hydrogens is 135 g/mol. The van der Waals surface area contributed by atoms with E-state index in [1.165, 1.54) is 0 Å². The Hall–Kier alpha value is -0.150. The third kappa shape index (κ3) is 0.705. The van der Waals surface area contributed by atoms with Gasteiger partial charge in [-0.25, -0.2) is 4.39 Å². The van der Waals surface area contributed by atoms with Crippen LogP contribution in [0.5, 0.6) is 0 Å². The van der Waals surface area contributed by atoms with Crippen LogP contribution in [-0.2, 0) is 4.74 Å². The second-order valence-electron chi connectivity index (χ2n) is 3.43. The molecule has 3 heteroatoms. The maximum absolute atomic E-state index is 12.8. The van der Waals surface area contributed by atoms with Crippen molar-refractivity contribution in [2.24, 2.45) is 5.41 Å². The normalized spacial score (nSPS) is 52.2. The zero-order valence-electron chi connectivity index (χ0n) is 5.72. The molecule has 0 aromatic rings. The van der Waals surface area contributed by atoms with Crippen molar-refractivity contribution in [1.29, 1.82) is 0 Å². The Balaban J connectivity index is 2.14. The van der Waals surface area contributed by atoms with Gasteiger partial charge in [0.15, 0.2) is 0 Å². The van der Waals surface area contributed by atoms with Crippen molar-refractivity contribution in [3.63, 3.8) is 0 Å². The minimum atomic E-state index is -0.833. The highest BCUT2D eigenvalue weighted by atomic mass is 19.1. The maximum Gasteiger partial charge on any atom is 0.127 e. The molecule has 1 heterocycles. The van der Waals surface area contributed by atoms with Gasteiger partial charge in [-0.05, 0) is 12.8 Å². The molecule has 2 fully saturated rings. The van der Waals surface area contributed by atoms with Gasteiger partial charge in [-0.15, -0.1) is 0 Å². The molecule has 3 unspecified atom stereocenters. The molecule has 1 aliphatic heterocycles. The van der Waals surface area contributed by atoms with Gasteiger partial charge in [0.1, 0.15) is 6.17 Å². The summed E-state index contributed by atoms with van der Waals surface area (Å²) >= 11 is 0. The van der Waals surface area contributed by atoms with Crippen LogP contribution >= 0.6 is 0 Å². The smallest absolute Gasteiger partial charge is 0.127 e. The molecule has 1 saturated carbocycles. The average molecular weight is 146 g/mol. The number of rotatable bonds is 1. The van der Waals surface area contributed by atoms with Gasteiger partial charge < -0.3 is 9.84 Å². The van der Waals surface area contributed by atoms with Crippen molar-refractivity contribution in [2.75, 3.05) is 13.2 Å². The standard InChI is InChI=1S/C7H11FO2/c8-5-1-7(3-9)2-6(5)10-4-7/h5-6,9H,1-4H2. The highest BCUT2D eigenvalue weighted by Crippen LogP contribution is 2.46. The second-order valence-corrected chi connectivity index (χ2v) is 3.43. The van der Waals surface area contributed by atoms with Gasteiger partial charge in [-0.3, -0.25) is 0 Å². The van der Waals surface area contributed by atoms with Crippen LogP contribution < -0.4 is 0 Å². The van der Waals surface area contributed by atoms with E-state index in [0.29, 0.717) is 19.4 Å². The molecule has 0 aromatic carbocycles. The van der Waals surface area contributed by atoms with Crippen LogP contribution in [0.1, 0.15) is 12.8 Å². The van der Waals surface area contributed by atoms with E-state index >= 15 is 0 Å². The summed E-state index contributed by atoms with van der Waals surface area (Å²) < 4.78 is 17.9. The molecule has 2 rings (SSSR count). The molecule has 0 spiro atoms. The lowest BCUT2D eigenvalue weighted by atomic mass is 9.89. The summed E-state index contributed by atoms with van der Waals surface area (Å²) in [6.45, 7) is 0.624. The van der Waals surface area contributed by atoms with E-state index in [0.717, 1.165) is 0 Å². The number of halogens is 1. The molecule has 0 aromatic heterocycles. The number of hydrogen-bond acceptors (Lipinski definition) is 2. The lowest BCUT2D eigenvalue weighted by Gasteiger charge is -2.23. The largest absolute Gasteiger partial charge is 0.396 e. The molecule has 2 aliphatic rings. The minimum absolute atomic E-state index is 0.0733. The van der Waals surface area contributed by atoms with Crippen molar-refractivity contribution in [2.45, 2.75) is 25.1 Å². The zero-order valence-corrected chi connectivity index (χ0v) is 5.72. The van der Waals surface area contributed by atoms with Gasteiger partial charge >= 0.3 is 0 Å². The molecule has 1 saturated heterocycles. The van der Waals surface area contributed by atoms with Gasteiger partial charge in [0.05, 0.1) is 19.3 Å². The lowest BCUT2D eigenvalue weighted by molar-refractivity contribution is -0.0191. The Kier molecular flexibility index (Phi) is 1.26. The van der Waals surface area contributed by atoms with Crippen molar-refractivity contribution in [3.05, 3.63) is 0 Å². The summed E-state index contributed by atoms with van der Waals surface area (Å²) in [5.41, 5.74) is -0.218.